The number of methoxy groups -OCH3 is 1. The molecule has 1 fully saturated rings. The molecule has 1 amide bonds. The lowest BCUT2D eigenvalue weighted by Gasteiger charge is -2.23. The minimum absolute atomic E-state index is 0.0104. The van der Waals surface area contributed by atoms with Gasteiger partial charge in [0.15, 0.2) is 0 Å². The van der Waals surface area contributed by atoms with Gasteiger partial charge in [0, 0.05) is 12.3 Å². The molecule has 0 spiro atoms. The van der Waals surface area contributed by atoms with Gasteiger partial charge in [0.1, 0.15) is 6.04 Å². The molecule has 0 saturated carbocycles. The minimum atomic E-state index is -0.599. The summed E-state index contributed by atoms with van der Waals surface area (Å²) < 4.78 is 4.80. The van der Waals surface area contributed by atoms with Crippen molar-refractivity contribution in [3.8, 4) is 0 Å². The third-order valence-electron chi connectivity index (χ3n) is 3.85. The van der Waals surface area contributed by atoms with Gasteiger partial charge < -0.3 is 10.1 Å². The van der Waals surface area contributed by atoms with Gasteiger partial charge in [-0.15, -0.1) is 0 Å². The molecule has 0 unspecified atom stereocenters. The fourth-order valence-electron chi connectivity index (χ4n) is 2.53. The normalized spacial score (nSPS) is 16.8. The molecule has 22 heavy (non-hydrogen) atoms. The van der Waals surface area contributed by atoms with E-state index in [1.807, 2.05) is 30.3 Å². The van der Waals surface area contributed by atoms with E-state index in [0.29, 0.717) is 6.42 Å². The second-order valence-electron chi connectivity index (χ2n) is 5.42. The molecule has 6 nitrogen and oxygen atoms in total. The first kappa shape index (κ1) is 16.5. The lowest BCUT2D eigenvalue weighted by Crippen LogP contribution is -2.52. The summed E-state index contributed by atoms with van der Waals surface area (Å²) in [6.45, 7) is 1.70. The summed E-state index contributed by atoms with van der Waals surface area (Å²) in [7, 11) is 1.34. The molecule has 3 N–H and O–H groups in total. The van der Waals surface area contributed by atoms with E-state index in [1.54, 1.807) is 0 Å². The Hall–Kier alpha value is -1.92. The van der Waals surface area contributed by atoms with Gasteiger partial charge in [0.25, 0.3) is 0 Å². The van der Waals surface area contributed by atoms with Crippen molar-refractivity contribution in [2.75, 3.05) is 20.2 Å². The lowest BCUT2D eigenvalue weighted by atomic mass is 9.98. The van der Waals surface area contributed by atoms with E-state index in [1.165, 1.54) is 7.11 Å². The van der Waals surface area contributed by atoms with Crippen LogP contribution in [0.1, 0.15) is 18.4 Å². The van der Waals surface area contributed by atoms with Crippen LogP contribution in [-0.4, -0.2) is 38.1 Å². The van der Waals surface area contributed by atoms with Crippen LogP contribution < -0.4 is 16.2 Å². The summed E-state index contributed by atoms with van der Waals surface area (Å²) in [6, 6.07) is 9.02. The number of ether oxygens (including phenoxy) is 1. The third kappa shape index (κ3) is 4.82. The second-order valence-corrected chi connectivity index (χ2v) is 5.42. The number of esters is 1. The molecule has 1 aromatic rings. The molecule has 1 saturated heterocycles. The fraction of sp³-hybridized carbons (Fsp3) is 0.500. The summed E-state index contributed by atoms with van der Waals surface area (Å²) in [5, 5.41) is 3.22. The van der Waals surface area contributed by atoms with Gasteiger partial charge in [0.2, 0.25) is 5.91 Å². The predicted octanol–water partition coefficient (Wildman–Crippen LogP) is 0.391. The van der Waals surface area contributed by atoms with Crippen LogP contribution in [0, 0.1) is 5.92 Å². The monoisotopic (exact) mass is 305 g/mol. The molecule has 0 radical (unpaired) electrons. The van der Waals surface area contributed by atoms with E-state index in [4.69, 9.17) is 4.74 Å². The minimum Gasteiger partial charge on any atom is -0.468 e. The van der Waals surface area contributed by atoms with Gasteiger partial charge in [-0.1, -0.05) is 30.3 Å². The molecule has 0 bridgehead atoms. The summed E-state index contributed by atoms with van der Waals surface area (Å²) in [4.78, 5) is 24.0. The van der Waals surface area contributed by atoms with E-state index in [9.17, 15) is 9.59 Å². The van der Waals surface area contributed by atoms with Crippen LogP contribution in [-0.2, 0) is 20.7 Å². The maximum absolute atomic E-state index is 12.1. The zero-order valence-corrected chi connectivity index (χ0v) is 12.8. The smallest absolute Gasteiger partial charge is 0.325 e. The number of hydrogen-bond donors (Lipinski definition) is 3. The molecule has 1 heterocycles. The highest BCUT2D eigenvalue weighted by Gasteiger charge is 2.24. The molecule has 2 rings (SSSR count). The van der Waals surface area contributed by atoms with Gasteiger partial charge in [0.05, 0.1) is 7.11 Å². The second kappa shape index (κ2) is 8.51. The van der Waals surface area contributed by atoms with Crippen molar-refractivity contribution >= 4 is 11.9 Å². The molecule has 0 aromatic heterocycles. The number of carbonyl (C=O) groups excluding carboxylic acids is 2. The molecule has 1 aliphatic rings. The Kier molecular flexibility index (Phi) is 6.36. The Bertz CT molecular complexity index is 487. The number of carbonyl (C=O) groups is 2. The number of nitrogens with one attached hydrogen (secondary N) is 3. The number of hydrogen-bond acceptors (Lipinski definition) is 5. The topological polar surface area (TPSA) is 79.5 Å². The molecular formula is C16H23N3O3. The van der Waals surface area contributed by atoms with E-state index in [2.05, 4.69) is 16.2 Å². The third-order valence-corrected chi connectivity index (χ3v) is 3.85. The van der Waals surface area contributed by atoms with Crippen molar-refractivity contribution in [3.05, 3.63) is 35.9 Å². The van der Waals surface area contributed by atoms with Crippen molar-refractivity contribution in [1.29, 1.82) is 0 Å². The van der Waals surface area contributed by atoms with E-state index < -0.39 is 12.0 Å². The van der Waals surface area contributed by atoms with Crippen LogP contribution in [0.4, 0.5) is 0 Å². The number of hydrazine groups is 1. The van der Waals surface area contributed by atoms with Gasteiger partial charge in [-0.3, -0.25) is 15.0 Å². The maximum Gasteiger partial charge on any atom is 0.325 e. The summed E-state index contributed by atoms with van der Waals surface area (Å²) in [5.74, 6) is -0.471. The lowest BCUT2D eigenvalue weighted by molar-refractivity contribution is -0.143. The molecule has 120 valence electrons. The summed E-state index contributed by atoms with van der Waals surface area (Å²) in [5.41, 5.74) is 6.49. The first-order valence-electron chi connectivity index (χ1n) is 7.58. The number of benzene rings is 1. The van der Waals surface area contributed by atoms with Crippen molar-refractivity contribution in [2.45, 2.75) is 25.3 Å². The Labute approximate surface area is 130 Å². The van der Waals surface area contributed by atoms with Crippen LogP contribution in [0.25, 0.3) is 0 Å². The quantitative estimate of drug-likeness (QED) is 0.523. The Morgan fingerprint density at radius 3 is 2.59 bits per heavy atom. The predicted molar refractivity (Wildman–Crippen MR) is 82.8 cm³/mol. The average Bonchev–Trinajstić information content (AvgIpc) is 2.59. The zero-order chi connectivity index (χ0) is 15.8. The number of amides is 1. The van der Waals surface area contributed by atoms with Gasteiger partial charge in [-0.05, 0) is 31.5 Å². The Balaban J connectivity index is 1.89. The van der Waals surface area contributed by atoms with Gasteiger partial charge >= 0.3 is 5.97 Å². The van der Waals surface area contributed by atoms with Crippen LogP contribution in [0.5, 0.6) is 0 Å². The van der Waals surface area contributed by atoms with Crippen molar-refractivity contribution in [1.82, 2.24) is 16.2 Å². The van der Waals surface area contributed by atoms with Crippen molar-refractivity contribution in [2.24, 2.45) is 5.92 Å². The highest BCUT2D eigenvalue weighted by molar-refractivity contribution is 5.80. The standard InChI is InChI=1S/C16H23N3O3/c1-22-16(21)14(11-12-5-3-2-4-6-12)18-19-15(20)13-7-9-17-10-8-13/h2-6,13-14,17-18H,7-11H2,1H3,(H,19,20)/t14-/m0/s1. The number of rotatable bonds is 6. The first-order valence-corrected chi connectivity index (χ1v) is 7.58. The highest BCUT2D eigenvalue weighted by atomic mass is 16.5. The summed E-state index contributed by atoms with van der Waals surface area (Å²) >= 11 is 0. The first-order chi connectivity index (χ1) is 10.7. The van der Waals surface area contributed by atoms with Crippen molar-refractivity contribution < 1.29 is 14.3 Å². The molecular weight excluding hydrogens is 282 g/mol. The molecule has 1 aromatic carbocycles. The summed E-state index contributed by atoms with van der Waals surface area (Å²) in [6.07, 6.45) is 2.09. The van der Waals surface area contributed by atoms with Gasteiger partial charge in [-0.2, -0.15) is 0 Å². The molecule has 0 aliphatic carbocycles. The fourth-order valence-corrected chi connectivity index (χ4v) is 2.53. The van der Waals surface area contributed by atoms with Crippen molar-refractivity contribution in [3.63, 3.8) is 0 Å². The van der Waals surface area contributed by atoms with Gasteiger partial charge in [-0.25, -0.2) is 5.43 Å². The van der Waals surface area contributed by atoms with Crippen LogP contribution >= 0.6 is 0 Å². The molecule has 6 heteroatoms. The maximum atomic E-state index is 12.1. The molecule has 1 atom stereocenters. The zero-order valence-electron chi connectivity index (χ0n) is 12.8. The van der Waals surface area contributed by atoms with E-state index in [-0.39, 0.29) is 11.8 Å². The Morgan fingerprint density at radius 2 is 1.95 bits per heavy atom. The van der Waals surface area contributed by atoms with Crippen LogP contribution in [0.15, 0.2) is 30.3 Å². The largest absolute Gasteiger partial charge is 0.468 e. The Morgan fingerprint density at radius 1 is 1.27 bits per heavy atom. The highest BCUT2D eigenvalue weighted by Crippen LogP contribution is 2.11. The van der Waals surface area contributed by atoms with Crippen LogP contribution in [0.2, 0.25) is 0 Å². The average molecular weight is 305 g/mol. The van der Waals surface area contributed by atoms with E-state index in [0.717, 1.165) is 31.5 Å². The number of piperidine rings is 1. The van der Waals surface area contributed by atoms with E-state index >= 15 is 0 Å². The SMILES string of the molecule is COC(=O)[C@H](Cc1ccccc1)NNC(=O)C1CCNCC1. The van der Waals surface area contributed by atoms with Crippen LogP contribution in [0.3, 0.4) is 0 Å². The molecule has 1 aliphatic heterocycles.